The molecule has 0 saturated heterocycles. The van der Waals surface area contributed by atoms with Gasteiger partial charge in [0.15, 0.2) is 0 Å². The number of amides is 1. The average molecular weight is 476 g/mol. The van der Waals surface area contributed by atoms with Gasteiger partial charge >= 0.3 is 0 Å². The molecule has 30 heavy (non-hydrogen) atoms. The van der Waals surface area contributed by atoms with Gasteiger partial charge in [0, 0.05) is 17.3 Å². The van der Waals surface area contributed by atoms with Crippen LogP contribution in [0, 0.1) is 0 Å². The van der Waals surface area contributed by atoms with E-state index in [2.05, 4.69) is 35.1 Å². The summed E-state index contributed by atoms with van der Waals surface area (Å²) in [6.45, 7) is 5.78. The van der Waals surface area contributed by atoms with Crippen LogP contribution in [0.5, 0.6) is 11.5 Å². The summed E-state index contributed by atoms with van der Waals surface area (Å²) in [4.78, 5) is 12.6. The van der Waals surface area contributed by atoms with Crippen molar-refractivity contribution in [2.24, 2.45) is 0 Å². The van der Waals surface area contributed by atoms with E-state index >= 15 is 0 Å². The van der Waals surface area contributed by atoms with Crippen molar-refractivity contribution >= 4 is 27.5 Å². The van der Waals surface area contributed by atoms with Crippen LogP contribution in [-0.4, -0.2) is 19.1 Å². The second-order valence-electron chi connectivity index (χ2n) is 7.45. The quantitative estimate of drug-likeness (QED) is 0.285. The zero-order chi connectivity index (χ0) is 21.6. The Bertz CT molecular complexity index is 779. The standard InChI is InChI=1S/C25H34BrNO3/c1-3-5-7-9-16-29-22-13-11-12-21(19-22)27-25(28)20-14-15-24(23(26)18-20)30-17-10-8-6-4-2/h11-15,18-19H,3-10,16-17H2,1-2H3,(H,27,28). The van der Waals surface area contributed by atoms with Gasteiger partial charge in [-0.3, -0.25) is 4.79 Å². The highest BCUT2D eigenvalue weighted by Crippen LogP contribution is 2.27. The summed E-state index contributed by atoms with van der Waals surface area (Å²) in [7, 11) is 0. The maximum Gasteiger partial charge on any atom is 0.255 e. The normalized spacial score (nSPS) is 10.6. The Morgan fingerprint density at radius 2 is 1.57 bits per heavy atom. The lowest BCUT2D eigenvalue weighted by Crippen LogP contribution is -2.12. The third kappa shape index (κ3) is 8.78. The number of nitrogens with one attached hydrogen (secondary N) is 1. The van der Waals surface area contributed by atoms with Crippen molar-refractivity contribution in [3.05, 3.63) is 52.5 Å². The minimum Gasteiger partial charge on any atom is -0.494 e. The molecule has 0 aliphatic heterocycles. The number of rotatable bonds is 14. The van der Waals surface area contributed by atoms with Gasteiger partial charge in [0.25, 0.3) is 5.91 Å². The molecule has 0 saturated carbocycles. The lowest BCUT2D eigenvalue weighted by molar-refractivity contribution is 0.102. The first-order valence-corrected chi connectivity index (χ1v) is 11.9. The summed E-state index contributed by atoms with van der Waals surface area (Å²) >= 11 is 3.52. The minimum absolute atomic E-state index is 0.162. The highest BCUT2D eigenvalue weighted by molar-refractivity contribution is 9.10. The first kappa shape index (κ1) is 24.3. The van der Waals surface area contributed by atoms with Crippen molar-refractivity contribution in [3.8, 4) is 11.5 Å². The van der Waals surface area contributed by atoms with Gasteiger partial charge in [0.05, 0.1) is 17.7 Å². The van der Waals surface area contributed by atoms with E-state index < -0.39 is 0 Å². The van der Waals surface area contributed by atoms with Gasteiger partial charge in [0.2, 0.25) is 0 Å². The summed E-state index contributed by atoms with van der Waals surface area (Å²) in [6, 6.07) is 13.0. The predicted molar refractivity (Wildman–Crippen MR) is 128 cm³/mol. The molecule has 2 aromatic carbocycles. The molecule has 1 N–H and O–H groups in total. The van der Waals surface area contributed by atoms with Crippen molar-refractivity contribution in [2.45, 2.75) is 65.2 Å². The lowest BCUT2D eigenvalue weighted by Gasteiger charge is -2.11. The maximum absolute atomic E-state index is 12.6. The summed E-state index contributed by atoms with van der Waals surface area (Å²) < 4.78 is 12.4. The van der Waals surface area contributed by atoms with Crippen LogP contribution in [0.1, 0.15) is 75.6 Å². The Labute approximate surface area is 189 Å². The fraction of sp³-hybridized carbons (Fsp3) is 0.480. The van der Waals surface area contributed by atoms with E-state index in [-0.39, 0.29) is 5.91 Å². The van der Waals surface area contributed by atoms with Crippen LogP contribution in [0.4, 0.5) is 5.69 Å². The van der Waals surface area contributed by atoms with E-state index in [1.165, 1.54) is 38.5 Å². The second-order valence-corrected chi connectivity index (χ2v) is 8.30. The van der Waals surface area contributed by atoms with Gasteiger partial charge in [0.1, 0.15) is 11.5 Å². The fourth-order valence-corrected chi connectivity index (χ4v) is 3.55. The number of halogens is 1. The number of hydrogen-bond acceptors (Lipinski definition) is 3. The van der Waals surface area contributed by atoms with E-state index in [4.69, 9.17) is 9.47 Å². The molecule has 0 aliphatic rings. The second kappa shape index (κ2) is 14.1. The molecular weight excluding hydrogens is 442 g/mol. The van der Waals surface area contributed by atoms with Crippen LogP contribution in [0.25, 0.3) is 0 Å². The lowest BCUT2D eigenvalue weighted by atomic mass is 10.2. The molecule has 0 aromatic heterocycles. The molecule has 1 amide bonds. The van der Waals surface area contributed by atoms with E-state index in [0.717, 1.165) is 34.5 Å². The molecule has 5 heteroatoms. The van der Waals surface area contributed by atoms with Crippen LogP contribution in [0.2, 0.25) is 0 Å². The Kier molecular flexibility index (Phi) is 11.4. The van der Waals surface area contributed by atoms with Crippen molar-refractivity contribution in [1.29, 1.82) is 0 Å². The van der Waals surface area contributed by atoms with Crippen molar-refractivity contribution in [1.82, 2.24) is 0 Å². The highest BCUT2D eigenvalue weighted by atomic mass is 79.9. The van der Waals surface area contributed by atoms with Crippen LogP contribution >= 0.6 is 15.9 Å². The summed E-state index contributed by atoms with van der Waals surface area (Å²) in [5.41, 5.74) is 1.30. The molecule has 2 aromatic rings. The van der Waals surface area contributed by atoms with E-state index in [9.17, 15) is 4.79 Å². The Morgan fingerprint density at radius 3 is 2.23 bits per heavy atom. The molecule has 4 nitrogen and oxygen atoms in total. The number of carbonyl (C=O) groups is 1. The van der Waals surface area contributed by atoms with E-state index in [1.54, 1.807) is 12.1 Å². The number of unbranched alkanes of at least 4 members (excludes halogenated alkanes) is 6. The molecule has 0 radical (unpaired) electrons. The molecular formula is C25H34BrNO3. The summed E-state index contributed by atoms with van der Waals surface area (Å²) in [5.74, 6) is 1.38. The number of hydrogen-bond donors (Lipinski definition) is 1. The molecule has 0 spiro atoms. The zero-order valence-electron chi connectivity index (χ0n) is 18.2. The van der Waals surface area contributed by atoms with Gasteiger partial charge in [-0.25, -0.2) is 0 Å². The van der Waals surface area contributed by atoms with Crippen LogP contribution in [-0.2, 0) is 0 Å². The van der Waals surface area contributed by atoms with Gasteiger partial charge < -0.3 is 14.8 Å². The van der Waals surface area contributed by atoms with Crippen molar-refractivity contribution < 1.29 is 14.3 Å². The first-order chi connectivity index (χ1) is 14.6. The largest absolute Gasteiger partial charge is 0.494 e. The van der Waals surface area contributed by atoms with Gasteiger partial charge in [-0.1, -0.05) is 58.4 Å². The third-order valence-electron chi connectivity index (χ3n) is 4.81. The maximum atomic E-state index is 12.6. The molecule has 0 heterocycles. The molecule has 0 bridgehead atoms. The Hall–Kier alpha value is -2.01. The van der Waals surface area contributed by atoms with Crippen LogP contribution in [0.3, 0.4) is 0 Å². The van der Waals surface area contributed by atoms with Crippen LogP contribution in [0.15, 0.2) is 46.9 Å². The molecule has 164 valence electrons. The predicted octanol–water partition coefficient (Wildman–Crippen LogP) is 7.62. The van der Waals surface area contributed by atoms with Gasteiger partial charge in [-0.15, -0.1) is 0 Å². The third-order valence-corrected chi connectivity index (χ3v) is 5.43. The minimum atomic E-state index is -0.162. The van der Waals surface area contributed by atoms with E-state index in [1.807, 2.05) is 30.3 Å². The van der Waals surface area contributed by atoms with E-state index in [0.29, 0.717) is 18.8 Å². The van der Waals surface area contributed by atoms with Crippen LogP contribution < -0.4 is 14.8 Å². The molecule has 0 aliphatic carbocycles. The molecule has 0 fully saturated rings. The van der Waals surface area contributed by atoms with Crippen molar-refractivity contribution in [2.75, 3.05) is 18.5 Å². The number of benzene rings is 2. The summed E-state index contributed by atoms with van der Waals surface area (Å²) in [6.07, 6.45) is 9.33. The smallest absolute Gasteiger partial charge is 0.255 e. The first-order valence-electron chi connectivity index (χ1n) is 11.1. The molecule has 0 atom stereocenters. The highest BCUT2D eigenvalue weighted by Gasteiger charge is 2.10. The topological polar surface area (TPSA) is 47.6 Å². The SMILES string of the molecule is CCCCCCOc1cccc(NC(=O)c2ccc(OCCCCCC)c(Br)c2)c1. The summed E-state index contributed by atoms with van der Waals surface area (Å²) in [5, 5.41) is 2.94. The zero-order valence-corrected chi connectivity index (χ0v) is 19.8. The number of ether oxygens (including phenoxy) is 2. The molecule has 2 rings (SSSR count). The Morgan fingerprint density at radius 1 is 0.867 bits per heavy atom. The van der Waals surface area contributed by atoms with Gasteiger partial charge in [-0.2, -0.15) is 0 Å². The average Bonchev–Trinajstić information content (AvgIpc) is 2.74. The monoisotopic (exact) mass is 475 g/mol. The number of carbonyl (C=O) groups excluding carboxylic acids is 1. The van der Waals surface area contributed by atoms with Crippen molar-refractivity contribution in [3.63, 3.8) is 0 Å². The van der Waals surface area contributed by atoms with Gasteiger partial charge in [-0.05, 0) is 59.1 Å². The fourth-order valence-electron chi connectivity index (χ4n) is 3.06. The Balaban J connectivity index is 1.86. The number of anilines is 1. The molecule has 0 unspecified atom stereocenters.